The van der Waals surface area contributed by atoms with Crippen molar-refractivity contribution in [2.75, 3.05) is 31.5 Å². The molecule has 3 aliphatic rings. The van der Waals surface area contributed by atoms with E-state index in [1.807, 2.05) is 65.2 Å². The molecule has 1 aromatic heterocycles. The molecular weight excluding hydrogens is 725 g/mol. The third-order valence-corrected chi connectivity index (χ3v) is 11.4. The number of thiol groups is 1. The molecule has 11 nitrogen and oxygen atoms in total. The van der Waals surface area contributed by atoms with Gasteiger partial charge < -0.3 is 25.2 Å². The molecule has 56 heavy (non-hydrogen) atoms. The van der Waals surface area contributed by atoms with Crippen LogP contribution in [0, 0.1) is 0 Å². The van der Waals surface area contributed by atoms with Crippen LogP contribution < -0.4 is 11.0 Å². The summed E-state index contributed by atoms with van der Waals surface area (Å²) in [6.45, 7) is 4.28. The summed E-state index contributed by atoms with van der Waals surface area (Å²) < 4.78 is 1.82. The minimum absolute atomic E-state index is 0.0724. The number of benzene rings is 4. The zero-order chi connectivity index (χ0) is 39.0. The molecule has 2 saturated heterocycles. The van der Waals surface area contributed by atoms with E-state index in [0.29, 0.717) is 32.5 Å². The lowest BCUT2D eigenvalue weighted by Crippen LogP contribution is -2.44. The highest BCUT2D eigenvalue weighted by Crippen LogP contribution is 2.38. The predicted octanol–water partition coefficient (Wildman–Crippen LogP) is 8.03. The fourth-order valence-corrected chi connectivity index (χ4v) is 8.54. The SMILES string of the molecule is O=C(S)N1CCC(n2c(=O)[nH]c3ccccc32)CC1.O=C1Nc2ccccc2C1=C1CCN(C(=O)O)[C@@H](CCCN(Cc2ccccc2)Cc2ccccc2)C1. The Morgan fingerprint density at radius 3 is 2.09 bits per heavy atom. The van der Waals surface area contributed by atoms with E-state index >= 15 is 0 Å². The Morgan fingerprint density at radius 2 is 1.43 bits per heavy atom. The van der Waals surface area contributed by atoms with Gasteiger partial charge in [-0.15, -0.1) is 0 Å². The number of aromatic nitrogens is 2. The van der Waals surface area contributed by atoms with Crippen molar-refractivity contribution in [2.45, 2.75) is 63.7 Å². The fourth-order valence-electron chi connectivity index (χ4n) is 8.34. The molecule has 2 fully saturated rings. The zero-order valence-corrected chi connectivity index (χ0v) is 32.2. The molecule has 0 aliphatic carbocycles. The van der Waals surface area contributed by atoms with E-state index < -0.39 is 6.09 Å². The van der Waals surface area contributed by atoms with E-state index in [2.05, 4.69) is 76.4 Å². The highest BCUT2D eigenvalue weighted by Gasteiger charge is 2.34. The molecule has 12 heteroatoms. The van der Waals surface area contributed by atoms with Crippen LogP contribution in [0.3, 0.4) is 0 Å². The van der Waals surface area contributed by atoms with Crippen LogP contribution in [0.2, 0.25) is 0 Å². The van der Waals surface area contributed by atoms with Crippen molar-refractivity contribution >= 4 is 52.2 Å². The molecule has 290 valence electrons. The summed E-state index contributed by atoms with van der Waals surface area (Å²) in [5, 5.41) is 12.7. The summed E-state index contributed by atoms with van der Waals surface area (Å²) in [5.41, 5.74) is 7.82. The standard InChI is InChI=1S/C31H33N3O3.C13H15N3O2S/c35-30-29(27-15-7-8-16-28(27)32-30)25-17-19-34(31(36)37)26(20-25)14-9-18-33(21-23-10-3-1-4-11-23)22-24-12-5-2-6-13-24;17-12-14-10-3-1-2-4-11(10)16(12)9-5-7-15(8-6-9)13(18)19/h1-8,10-13,15-16,26H,9,14,17-22H2,(H,32,35)(H,36,37);1-4,9H,5-8H2,(H,14,17)(H,18,19)/t26-;/m0./s1. The maximum Gasteiger partial charge on any atom is 0.407 e. The third-order valence-electron chi connectivity index (χ3n) is 11.1. The number of imidazole rings is 1. The number of nitrogens with zero attached hydrogens (tertiary/aromatic N) is 4. The highest BCUT2D eigenvalue weighted by molar-refractivity contribution is 7.96. The van der Waals surface area contributed by atoms with Gasteiger partial charge in [0.25, 0.3) is 11.1 Å². The van der Waals surface area contributed by atoms with Crippen LogP contribution in [-0.2, 0) is 17.9 Å². The second kappa shape index (κ2) is 17.9. The Balaban J connectivity index is 0.000000211. The molecule has 0 bridgehead atoms. The van der Waals surface area contributed by atoms with Gasteiger partial charge >= 0.3 is 11.8 Å². The number of carboxylic acid groups (broad SMARTS) is 1. The molecule has 0 radical (unpaired) electrons. The van der Waals surface area contributed by atoms with Crippen LogP contribution >= 0.6 is 12.6 Å². The first-order valence-electron chi connectivity index (χ1n) is 19.3. The Kier molecular flexibility index (Phi) is 12.4. The number of carbonyl (C=O) groups is 3. The molecule has 4 heterocycles. The second-order valence-corrected chi connectivity index (χ2v) is 15.1. The van der Waals surface area contributed by atoms with Crippen LogP contribution in [0.4, 0.5) is 15.3 Å². The fraction of sp³-hybridized carbons (Fsp3) is 0.318. The first-order valence-corrected chi connectivity index (χ1v) is 19.8. The van der Waals surface area contributed by atoms with Crippen molar-refractivity contribution < 1.29 is 19.5 Å². The Hall–Kier alpha value is -5.59. The van der Waals surface area contributed by atoms with Crippen LogP contribution in [0.25, 0.3) is 16.6 Å². The topological polar surface area (TPSA) is 131 Å². The van der Waals surface area contributed by atoms with Gasteiger partial charge in [0.05, 0.1) is 11.0 Å². The van der Waals surface area contributed by atoms with Crippen molar-refractivity contribution in [3.05, 3.63) is 142 Å². The number of aromatic amines is 1. The van der Waals surface area contributed by atoms with Crippen LogP contribution in [-0.4, -0.2) is 78.8 Å². The first kappa shape index (κ1) is 38.7. The van der Waals surface area contributed by atoms with E-state index in [1.54, 1.807) is 9.80 Å². The van der Waals surface area contributed by atoms with Crippen molar-refractivity contribution in [1.29, 1.82) is 0 Å². The van der Waals surface area contributed by atoms with Crippen LogP contribution in [0.15, 0.2) is 120 Å². The van der Waals surface area contributed by atoms with Gasteiger partial charge in [-0.25, -0.2) is 9.59 Å². The van der Waals surface area contributed by atoms with E-state index in [9.17, 15) is 24.3 Å². The van der Waals surface area contributed by atoms with Gasteiger partial charge in [-0.1, -0.05) is 109 Å². The molecule has 3 aliphatic heterocycles. The average Bonchev–Trinajstić information content (AvgIpc) is 3.73. The van der Waals surface area contributed by atoms with Gasteiger partial charge in [0.1, 0.15) is 0 Å². The number of piperidine rings is 2. The number of rotatable bonds is 9. The van der Waals surface area contributed by atoms with Crippen molar-refractivity contribution in [3.63, 3.8) is 0 Å². The smallest absolute Gasteiger partial charge is 0.407 e. The van der Waals surface area contributed by atoms with Crippen LogP contribution in [0.5, 0.6) is 0 Å². The van der Waals surface area contributed by atoms with E-state index in [-0.39, 0.29) is 28.9 Å². The van der Waals surface area contributed by atoms with Crippen molar-refractivity contribution in [1.82, 2.24) is 24.3 Å². The minimum Gasteiger partial charge on any atom is -0.465 e. The quantitative estimate of drug-likeness (QED) is 0.0887. The summed E-state index contributed by atoms with van der Waals surface area (Å²) in [7, 11) is 0. The number of anilines is 1. The van der Waals surface area contributed by atoms with Gasteiger partial charge in [-0.2, -0.15) is 0 Å². The normalized spacial score (nSPS) is 18.4. The summed E-state index contributed by atoms with van der Waals surface area (Å²) in [6, 6.07) is 36.4. The summed E-state index contributed by atoms with van der Waals surface area (Å²) in [6.07, 6.45) is 3.51. The molecule has 0 unspecified atom stereocenters. The molecule has 4 aromatic carbocycles. The number of H-pyrrole nitrogens is 1. The van der Waals surface area contributed by atoms with E-state index in [0.717, 1.165) is 78.7 Å². The van der Waals surface area contributed by atoms with Gasteiger partial charge in [0.2, 0.25) is 0 Å². The van der Waals surface area contributed by atoms with E-state index in [1.165, 1.54) is 11.1 Å². The number of carbonyl (C=O) groups excluding carboxylic acids is 2. The maximum atomic E-state index is 12.8. The Morgan fingerprint density at radius 1 is 0.804 bits per heavy atom. The highest BCUT2D eigenvalue weighted by atomic mass is 32.1. The summed E-state index contributed by atoms with van der Waals surface area (Å²) in [4.78, 5) is 56.7. The van der Waals surface area contributed by atoms with Gasteiger partial charge in [0.15, 0.2) is 0 Å². The predicted molar refractivity (Wildman–Crippen MR) is 223 cm³/mol. The molecule has 0 saturated carbocycles. The lowest BCUT2D eigenvalue weighted by molar-refractivity contribution is -0.110. The average molecular weight is 773 g/mol. The number of fused-ring (bicyclic) bond motifs is 2. The third kappa shape index (κ3) is 9.09. The molecule has 1 atom stereocenters. The number of likely N-dealkylation sites (tertiary alicyclic amines) is 2. The zero-order valence-electron chi connectivity index (χ0n) is 31.3. The van der Waals surface area contributed by atoms with Gasteiger partial charge in [0, 0.05) is 61.6 Å². The lowest BCUT2D eigenvalue weighted by atomic mass is 9.88. The second-order valence-electron chi connectivity index (χ2n) is 14.7. The number of hydrogen-bond donors (Lipinski definition) is 4. The van der Waals surface area contributed by atoms with Crippen molar-refractivity contribution in [2.24, 2.45) is 0 Å². The summed E-state index contributed by atoms with van der Waals surface area (Å²) >= 11 is 3.84. The number of amides is 3. The Labute approximate surface area is 332 Å². The molecule has 0 spiro atoms. The minimum atomic E-state index is -0.879. The number of hydrogen-bond acceptors (Lipinski definition) is 5. The van der Waals surface area contributed by atoms with Gasteiger partial charge in [-0.05, 0) is 74.4 Å². The Bertz CT molecular complexity index is 2200. The molecule has 3 amide bonds. The summed E-state index contributed by atoms with van der Waals surface area (Å²) in [5.74, 6) is -0.0735. The van der Waals surface area contributed by atoms with E-state index in [4.69, 9.17) is 0 Å². The molecular formula is C44H48N6O5S. The maximum absolute atomic E-state index is 12.8. The lowest BCUT2D eigenvalue weighted by Gasteiger charge is -2.36. The largest absolute Gasteiger partial charge is 0.465 e. The first-order chi connectivity index (χ1) is 27.2. The molecule has 5 aromatic rings. The van der Waals surface area contributed by atoms with Crippen molar-refractivity contribution in [3.8, 4) is 0 Å². The van der Waals surface area contributed by atoms with Crippen LogP contribution in [0.1, 0.15) is 61.3 Å². The monoisotopic (exact) mass is 772 g/mol. The molecule has 8 rings (SSSR count). The molecule has 3 N–H and O–H groups in total. The van der Waals surface area contributed by atoms with Gasteiger partial charge in [-0.3, -0.25) is 19.1 Å². The number of nitrogens with one attached hydrogen (secondary N) is 2. The number of para-hydroxylation sites is 3.